The number of hydrogen-bond acceptors (Lipinski definition) is 3. The number of aromatic nitrogens is 2. The number of aryl methyl sites for hydroxylation is 1. The first-order valence-electron chi connectivity index (χ1n) is 8.12. The topological polar surface area (TPSA) is 64.0 Å². The Morgan fingerprint density at radius 1 is 1.15 bits per heavy atom. The van der Waals surface area contributed by atoms with Gasteiger partial charge >= 0.3 is 0 Å². The molecule has 0 radical (unpaired) electrons. The van der Waals surface area contributed by atoms with Gasteiger partial charge in [-0.15, -0.1) is 0 Å². The van der Waals surface area contributed by atoms with Crippen LogP contribution in [0.25, 0.3) is 5.69 Å². The van der Waals surface area contributed by atoms with Crippen molar-refractivity contribution in [1.82, 2.24) is 9.78 Å². The Labute approximate surface area is 158 Å². The fourth-order valence-corrected chi connectivity index (χ4v) is 4.54. The zero-order chi connectivity index (χ0) is 18.3. The van der Waals surface area contributed by atoms with Crippen LogP contribution in [-0.4, -0.2) is 19.9 Å². The lowest BCUT2D eigenvalue weighted by molar-refractivity contribution is 0.102. The Balaban J connectivity index is 1.80. The highest BCUT2D eigenvalue weighted by Crippen LogP contribution is 2.32. The number of carbonyl (C=O) groups excluding carboxylic acids is 1. The number of amides is 1. The molecule has 7 heteroatoms. The van der Waals surface area contributed by atoms with E-state index in [1.165, 1.54) is 0 Å². The number of para-hydroxylation sites is 1. The zero-order valence-corrected chi connectivity index (χ0v) is 15.6. The van der Waals surface area contributed by atoms with Gasteiger partial charge in [-0.1, -0.05) is 41.9 Å². The Bertz CT molecular complexity index is 1050. The largest absolute Gasteiger partial charge is 0.306 e. The van der Waals surface area contributed by atoms with Crippen LogP contribution in [0.3, 0.4) is 0 Å². The second kappa shape index (κ2) is 6.70. The molecule has 4 rings (SSSR count). The van der Waals surface area contributed by atoms with Crippen LogP contribution in [0.1, 0.15) is 27.2 Å². The predicted octanol–water partition coefficient (Wildman–Crippen LogP) is 3.85. The average Bonchev–Trinajstić information content (AvgIpc) is 3.13. The molecule has 0 unspecified atom stereocenters. The third kappa shape index (κ3) is 2.95. The summed E-state index contributed by atoms with van der Waals surface area (Å²) in [6, 6.07) is 14.7. The van der Waals surface area contributed by atoms with E-state index in [0.717, 1.165) is 22.5 Å². The summed E-state index contributed by atoms with van der Waals surface area (Å²) in [7, 11) is -0.985. The molecule has 3 aromatic rings. The molecule has 5 nitrogen and oxygen atoms in total. The summed E-state index contributed by atoms with van der Waals surface area (Å²) < 4.78 is 13.7. The zero-order valence-electron chi connectivity index (χ0n) is 14.0. The number of halogens is 1. The molecule has 1 amide bonds. The Morgan fingerprint density at radius 3 is 2.65 bits per heavy atom. The first-order valence-corrected chi connectivity index (χ1v) is 9.99. The number of anilines is 1. The number of nitrogens with zero attached hydrogens (tertiary/aromatic N) is 2. The molecule has 0 aliphatic carbocycles. The van der Waals surface area contributed by atoms with Gasteiger partial charge in [0.2, 0.25) is 0 Å². The third-order valence-electron chi connectivity index (χ3n) is 4.36. The van der Waals surface area contributed by atoms with Gasteiger partial charge in [-0.05, 0) is 30.7 Å². The molecule has 0 fully saturated rings. The number of nitrogens with one attached hydrogen (secondary N) is 1. The lowest BCUT2D eigenvalue weighted by atomic mass is 10.2. The molecule has 0 saturated heterocycles. The van der Waals surface area contributed by atoms with Gasteiger partial charge in [-0.2, -0.15) is 5.10 Å². The van der Waals surface area contributed by atoms with Crippen molar-refractivity contribution in [3.8, 4) is 5.69 Å². The second-order valence-corrected chi connectivity index (χ2v) is 8.00. The molecule has 1 atom stereocenters. The molecule has 1 aliphatic rings. The van der Waals surface area contributed by atoms with E-state index in [0.29, 0.717) is 27.9 Å². The summed E-state index contributed by atoms with van der Waals surface area (Å²) >= 11 is 6.15. The van der Waals surface area contributed by atoms with Crippen LogP contribution >= 0.6 is 11.6 Å². The Morgan fingerprint density at radius 2 is 1.88 bits per heavy atom. The minimum atomic E-state index is -0.985. The van der Waals surface area contributed by atoms with Gasteiger partial charge in [0, 0.05) is 16.4 Å². The normalized spacial score (nSPS) is 15.7. The van der Waals surface area contributed by atoms with E-state index in [-0.39, 0.29) is 5.91 Å². The summed E-state index contributed by atoms with van der Waals surface area (Å²) in [5, 5.41) is 7.94. The van der Waals surface area contributed by atoms with Crippen molar-refractivity contribution in [3.05, 3.63) is 75.9 Å². The molecule has 1 aromatic heterocycles. The summed E-state index contributed by atoms with van der Waals surface area (Å²) in [5.74, 6) is 1.04. The minimum Gasteiger partial charge on any atom is -0.306 e. The van der Waals surface area contributed by atoms with E-state index in [2.05, 4.69) is 10.4 Å². The van der Waals surface area contributed by atoms with E-state index >= 15 is 0 Å². The van der Waals surface area contributed by atoms with Gasteiger partial charge in [-0.25, -0.2) is 4.68 Å². The number of carbonyl (C=O) groups is 1. The van der Waals surface area contributed by atoms with Crippen molar-refractivity contribution in [2.75, 3.05) is 5.32 Å². The number of fused-ring (bicyclic) bond motifs is 1. The van der Waals surface area contributed by atoms with E-state index < -0.39 is 10.8 Å². The minimum absolute atomic E-state index is 0.314. The van der Waals surface area contributed by atoms with Gasteiger partial charge in [0.05, 0.1) is 33.5 Å². The molecule has 132 valence electrons. The van der Waals surface area contributed by atoms with E-state index in [9.17, 15) is 9.00 Å². The smallest absolute Gasteiger partial charge is 0.258 e. The molecule has 1 aliphatic heterocycles. The van der Waals surface area contributed by atoms with E-state index in [1.807, 2.05) is 31.2 Å². The fraction of sp³-hybridized carbons (Fsp3) is 0.158. The first kappa shape index (κ1) is 17.0. The first-order chi connectivity index (χ1) is 12.5. The monoisotopic (exact) mass is 385 g/mol. The van der Waals surface area contributed by atoms with Crippen molar-refractivity contribution >= 4 is 34.1 Å². The van der Waals surface area contributed by atoms with Crippen molar-refractivity contribution in [1.29, 1.82) is 0 Å². The van der Waals surface area contributed by atoms with Crippen LogP contribution in [-0.2, 0) is 22.3 Å². The van der Waals surface area contributed by atoms with Crippen LogP contribution in [0, 0.1) is 6.92 Å². The second-order valence-electron chi connectivity index (χ2n) is 6.13. The van der Waals surface area contributed by atoms with Gasteiger partial charge in [0.25, 0.3) is 5.91 Å². The highest BCUT2D eigenvalue weighted by Gasteiger charge is 2.29. The molecule has 1 N–H and O–H groups in total. The fourth-order valence-electron chi connectivity index (χ4n) is 3.05. The van der Waals surface area contributed by atoms with Crippen LogP contribution in [0.2, 0.25) is 5.02 Å². The number of benzene rings is 2. The molecule has 0 saturated carbocycles. The van der Waals surface area contributed by atoms with Gasteiger partial charge in [-0.3, -0.25) is 9.00 Å². The van der Waals surface area contributed by atoms with Crippen molar-refractivity contribution < 1.29 is 9.00 Å². The van der Waals surface area contributed by atoms with E-state index in [1.54, 1.807) is 28.9 Å². The maximum Gasteiger partial charge on any atom is 0.258 e. The summed E-state index contributed by atoms with van der Waals surface area (Å²) in [4.78, 5) is 12.8. The maximum atomic E-state index is 12.8. The summed E-state index contributed by atoms with van der Waals surface area (Å²) in [6.07, 6.45) is 0. The van der Waals surface area contributed by atoms with Gasteiger partial charge in [0.15, 0.2) is 0 Å². The van der Waals surface area contributed by atoms with Crippen LogP contribution in [0.15, 0.2) is 48.5 Å². The van der Waals surface area contributed by atoms with Crippen molar-refractivity contribution in [3.63, 3.8) is 0 Å². The molecule has 0 spiro atoms. The standard InChI is InChI=1S/C19H16ClN3O2S/c1-12-6-2-5-9-17(12)23-18(14-10-26(25)11-16(14)22-23)21-19(24)13-7-3-4-8-15(13)20/h2-9H,10-11H2,1H3,(H,21,24)/t26-/m0/s1. The summed E-state index contributed by atoms with van der Waals surface area (Å²) in [6.45, 7) is 1.99. The predicted molar refractivity (Wildman–Crippen MR) is 103 cm³/mol. The molecule has 26 heavy (non-hydrogen) atoms. The molecule has 2 heterocycles. The number of rotatable bonds is 3. The highest BCUT2D eigenvalue weighted by atomic mass is 35.5. The molecular formula is C19H16ClN3O2S. The maximum absolute atomic E-state index is 12.8. The summed E-state index contributed by atoms with van der Waals surface area (Å²) in [5.41, 5.74) is 3.89. The Kier molecular flexibility index (Phi) is 4.38. The van der Waals surface area contributed by atoms with Crippen molar-refractivity contribution in [2.45, 2.75) is 18.4 Å². The highest BCUT2D eigenvalue weighted by molar-refractivity contribution is 7.83. The third-order valence-corrected chi connectivity index (χ3v) is 5.90. The quantitative estimate of drug-likeness (QED) is 0.744. The SMILES string of the molecule is Cc1ccccc1-n1nc2c(c1NC(=O)c1ccccc1Cl)C[S@](=O)C2. The van der Waals surface area contributed by atoms with Crippen LogP contribution in [0.4, 0.5) is 5.82 Å². The van der Waals surface area contributed by atoms with Crippen LogP contribution in [0.5, 0.6) is 0 Å². The number of hydrogen-bond donors (Lipinski definition) is 1. The average molecular weight is 386 g/mol. The molecule has 2 aromatic carbocycles. The lowest BCUT2D eigenvalue weighted by Crippen LogP contribution is -2.17. The Hall–Kier alpha value is -2.44. The lowest BCUT2D eigenvalue weighted by Gasteiger charge is -2.13. The molecular weight excluding hydrogens is 370 g/mol. The van der Waals surface area contributed by atoms with Gasteiger partial charge in [0.1, 0.15) is 5.82 Å². The van der Waals surface area contributed by atoms with E-state index in [4.69, 9.17) is 11.6 Å². The van der Waals surface area contributed by atoms with Crippen molar-refractivity contribution in [2.24, 2.45) is 0 Å². The molecule has 0 bridgehead atoms. The van der Waals surface area contributed by atoms with Gasteiger partial charge < -0.3 is 5.32 Å². The van der Waals surface area contributed by atoms with Crippen LogP contribution < -0.4 is 5.32 Å².